The van der Waals surface area contributed by atoms with Gasteiger partial charge >= 0.3 is 11.9 Å². The molecule has 1 aromatic carbocycles. The summed E-state index contributed by atoms with van der Waals surface area (Å²) in [5.41, 5.74) is 0.201. The third-order valence-corrected chi connectivity index (χ3v) is 4.94. The molecule has 0 radical (unpaired) electrons. The van der Waals surface area contributed by atoms with Gasteiger partial charge in [-0.05, 0) is 30.4 Å². The van der Waals surface area contributed by atoms with Crippen molar-refractivity contribution >= 4 is 17.8 Å². The van der Waals surface area contributed by atoms with Gasteiger partial charge in [-0.25, -0.2) is 9.59 Å². The third kappa shape index (κ3) is 4.81. The molecule has 0 aliphatic heterocycles. The highest BCUT2D eigenvalue weighted by Crippen LogP contribution is 2.29. The first-order valence-corrected chi connectivity index (χ1v) is 8.57. The lowest BCUT2D eigenvalue weighted by molar-refractivity contribution is -0.125. The van der Waals surface area contributed by atoms with Gasteiger partial charge < -0.3 is 14.8 Å². The predicted octanol–water partition coefficient (Wildman–Crippen LogP) is 2.57. The average Bonchev–Trinajstić information content (AvgIpc) is 2.63. The van der Waals surface area contributed by atoms with Crippen molar-refractivity contribution in [2.45, 2.75) is 39.2 Å². The summed E-state index contributed by atoms with van der Waals surface area (Å²) in [7, 11) is 1.24. The molecule has 1 N–H and O–H groups in total. The molecule has 1 aliphatic rings. The molecule has 0 heterocycles. The number of carbonyl (C=O) groups excluding carboxylic acids is 3. The molecule has 1 saturated carbocycles. The summed E-state index contributed by atoms with van der Waals surface area (Å²) in [6.45, 7) is 3.95. The summed E-state index contributed by atoms with van der Waals surface area (Å²) in [6.07, 6.45) is 3.20. The topological polar surface area (TPSA) is 81.7 Å². The van der Waals surface area contributed by atoms with E-state index in [1.165, 1.54) is 25.7 Å². The number of methoxy groups -OCH3 is 1. The highest BCUT2D eigenvalue weighted by Gasteiger charge is 2.28. The molecule has 136 valence electrons. The van der Waals surface area contributed by atoms with Crippen LogP contribution < -0.4 is 5.32 Å². The fourth-order valence-electron chi connectivity index (χ4n) is 3.19. The van der Waals surface area contributed by atoms with Crippen LogP contribution in [0.15, 0.2) is 24.3 Å². The van der Waals surface area contributed by atoms with E-state index >= 15 is 0 Å². The van der Waals surface area contributed by atoms with Gasteiger partial charge in [-0.1, -0.05) is 38.8 Å². The van der Waals surface area contributed by atoms with Crippen molar-refractivity contribution in [3.05, 3.63) is 35.4 Å². The van der Waals surface area contributed by atoms with E-state index < -0.39 is 11.9 Å². The van der Waals surface area contributed by atoms with Crippen LogP contribution >= 0.6 is 0 Å². The second-order valence-electron chi connectivity index (χ2n) is 6.55. The standard InChI is InChI=1S/C19H25NO5/c1-12-7-6-10-16(13(12)2)20-17(21)11-25-19(23)15-9-5-4-8-14(15)18(22)24-3/h4-5,8-9,12-13,16H,6-7,10-11H2,1-3H3,(H,20,21). The molecule has 0 aromatic heterocycles. The van der Waals surface area contributed by atoms with E-state index in [-0.39, 0.29) is 29.7 Å². The Morgan fingerprint density at radius 2 is 1.72 bits per heavy atom. The Hall–Kier alpha value is -2.37. The van der Waals surface area contributed by atoms with E-state index in [0.717, 1.165) is 12.8 Å². The van der Waals surface area contributed by atoms with Crippen LogP contribution in [0, 0.1) is 11.8 Å². The Bertz CT molecular complexity index is 642. The lowest BCUT2D eigenvalue weighted by Gasteiger charge is -2.34. The first-order valence-electron chi connectivity index (χ1n) is 8.57. The van der Waals surface area contributed by atoms with Crippen molar-refractivity contribution in [3.8, 4) is 0 Å². The molecule has 0 spiro atoms. The second-order valence-corrected chi connectivity index (χ2v) is 6.55. The quantitative estimate of drug-likeness (QED) is 0.828. The van der Waals surface area contributed by atoms with Crippen molar-refractivity contribution in [1.29, 1.82) is 0 Å². The summed E-state index contributed by atoms with van der Waals surface area (Å²) < 4.78 is 9.72. The number of ether oxygens (including phenoxy) is 2. The lowest BCUT2D eigenvalue weighted by atomic mass is 9.78. The number of hydrogen-bond acceptors (Lipinski definition) is 5. The molecule has 0 bridgehead atoms. The Kier molecular flexibility index (Phi) is 6.56. The molecule has 2 rings (SSSR count). The Morgan fingerprint density at radius 1 is 1.08 bits per heavy atom. The van der Waals surface area contributed by atoms with Crippen LogP contribution in [0.1, 0.15) is 53.8 Å². The fourth-order valence-corrected chi connectivity index (χ4v) is 3.19. The molecular formula is C19H25NO5. The van der Waals surface area contributed by atoms with Crippen LogP contribution in [-0.4, -0.2) is 37.6 Å². The molecule has 3 atom stereocenters. The van der Waals surface area contributed by atoms with E-state index in [4.69, 9.17) is 4.74 Å². The van der Waals surface area contributed by atoms with Crippen LogP contribution in [-0.2, 0) is 14.3 Å². The minimum absolute atomic E-state index is 0.0850. The predicted molar refractivity (Wildman–Crippen MR) is 92.2 cm³/mol. The lowest BCUT2D eigenvalue weighted by Crippen LogP contribution is -2.45. The number of hydrogen-bond donors (Lipinski definition) is 1. The van der Waals surface area contributed by atoms with Gasteiger partial charge in [0, 0.05) is 6.04 Å². The second kappa shape index (κ2) is 8.65. The van der Waals surface area contributed by atoms with Gasteiger partial charge in [0.25, 0.3) is 5.91 Å². The maximum atomic E-state index is 12.2. The molecule has 0 saturated heterocycles. The number of nitrogens with one attached hydrogen (secondary N) is 1. The summed E-state index contributed by atoms with van der Waals surface area (Å²) in [5, 5.41) is 2.95. The van der Waals surface area contributed by atoms with Gasteiger partial charge in [0.2, 0.25) is 0 Å². The Labute approximate surface area is 147 Å². The van der Waals surface area contributed by atoms with Crippen LogP contribution in [0.5, 0.6) is 0 Å². The summed E-state index contributed by atoms with van der Waals surface area (Å²) in [6, 6.07) is 6.30. The number of benzene rings is 1. The van der Waals surface area contributed by atoms with E-state index in [0.29, 0.717) is 11.8 Å². The molecule has 6 heteroatoms. The van der Waals surface area contributed by atoms with Crippen LogP contribution in [0.4, 0.5) is 0 Å². The molecule has 3 unspecified atom stereocenters. The van der Waals surface area contributed by atoms with Gasteiger partial charge in [0.1, 0.15) is 0 Å². The Balaban J connectivity index is 1.92. The highest BCUT2D eigenvalue weighted by molar-refractivity contribution is 6.03. The third-order valence-electron chi connectivity index (χ3n) is 4.94. The molecule has 1 amide bonds. The van der Waals surface area contributed by atoms with Crippen LogP contribution in [0.3, 0.4) is 0 Å². The molecule has 1 fully saturated rings. The van der Waals surface area contributed by atoms with Gasteiger partial charge in [0.05, 0.1) is 18.2 Å². The summed E-state index contributed by atoms with van der Waals surface area (Å²) in [5.74, 6) is -0.708. The molecule has 1 aliphatic carbocycles. The molecule has 6 nitrogen and oxygen atoms in total. The first kappa shape index (κ1) is 19.0. The fraction of sp³-hybridized carbons (Fsp3) is 0.526. The van der Waals surface area contributed by atoms with Gasteiger partial charge in [-0.15, -0.1) is 0 Å². The normalized spacial score (nSPS) is 22.8. The van der Waals surface area contributed by atoms with Crippen molar-refractivity contribution < 1.29 is 23.9 Å². The summed E-state index contributed by atoms with van der Waals surface area (Å²) in [4.78, 5) is 36.0. The number of rotatable bonds is 5. The van der Waals surface area contributed by atoms with E-state index in [2.05, 4.69) is 23.9 Å². The highest BCUT2D eigenvalue weighted by atomic mass is 16.5. The monoisotopic (exact) mass is 347 g/mol. The number of esters is 2. The Morgan fingerprint density at radius 3 is 2.36 bits per heavy atom. The van der Waals surface area contributed by atoms with Crippen molar-refractivity contribution in [3.63, 3.8) is 0 Å². The zero-order valence-corrected chi connectivity index (χ0v) is 14.9. The van der Waals surface area contributed by atoms with Gasteiger partial charge in [-0.2, -0.15) is 0 Å². The molecule has 25 heavy (non-hydrogen) atoms. The van der Waals surface area contributed by atoms with E-state index in [1.54, 1.807) is 12.1 Å². The number of carbonyl (C=O) groups is 3. The van der Waals surface area contributed by atoms with Gasteiger partial charge in [-0.3, -0.25) is 4.79 Å². The zero-order chi connectivity index (χ0) is 18.4. The van der Waals surface area contributed by atoms with Crippen molar-refractivity contribution in [2.75, 3.05) is 13.7 Å². The maximum Gasteiger partial charge on any atom is 0.339 e. The SMILES string of the molecule is COC(=O)c1ccccc1C(=O)OCC(=O)NC1CCCC(C)C1C. The van der Waals surface area contributed by atoms with E-state index in [1.807, 2.05) is 0 Å². The maximum absolute atomic E-state index is 12.2. The van der Waals surface area contributed by atoms with Crippen molar-refractivity contribution in [1.82, 2.24) is 5.32 Å². The van der Waals surface area contributed by atoms with E-state index in [9.17, 15) is 14.4 Å². The smallest absolute Gasteiger partial charge is 0.339 e. The van der Waals surface area contributed by atoms with Gasteiger partial charge in [0.15, 0.2) is 6.61 Å². The molecular weight excluding hydrogens is 322 g/mol. The van der Waals surface area contributed by atoms with Crippen LogP contribution in [0.25, 0.3) is 0 Å². The minimum atomic E-state index is -0.721. The largest absolute Gasteiger partial charge is 0.465 e. The van der Waals surface area contributed by atoms with Crippen molar-refractivity contribution in [2.24, 2.45) is 11.8 Å². The molecule has 1 aromatic rings. The summed E-state index contributed by atoms with van der Waals surface area (Å²) >= 11 is 0. The minimum Gasteiger partial charge on any atom is -0.465 e. The first-order chi connectivity index (χ1) is 11.9. The number of amides is 1. The zero-order valence-electron chi connectivity index (χ0n) is 14.9. The average molecular weight is 347 g/mol. The van der Waals surface area contributed by atoms with Crippen LogP contribution in [0.2, 0.25) is 0 Å².